The van der Waals surface area contributed by atoms with E-state index in [2.05, 4.69) is 0 Å². The van der Waals surface area contributed by atoms with Crippen LogP contribution >= 0.6 is 0 Å². The SMILES string of the molecule is COCCN(CC1CN(C(=O)c2ccco2)CCO1)C(=O)c1cccc(C(F)(F)F)c1. The number of carbonyl (C=O) groups excluding carboxylic acids is 2. The minimum Gasteiger partial charge on any atom is -0.459 e. The van der Waals surface area contributed by atoms with Crippen molar-refractivity contribution in [3.63, 3.8) is 0 Å². The molecule has 7 nitrogen and oxygen atoms in total. The Kier molecular flexibility index (Phi) is 7.34. The van der Waals surface area contributed by atoms with Gasteiger partial charge in [0.05, 0.1) is 31.1 Å². The van der Waals surface area contributed by atoms with E-state index >= 15 is 0 Å². The number of methoxy groups -OCH3 is 1. The van der Waals surface area contributed by atoms with E-state index in [-0.39, 0.29) is 50.1 Å². The van der Waals surface area contributed by atoms with Gasteiger partial charge in [-0.1, -0.05) is 6.07 Å². The number of morpholine rings is 1. The van der Waals surface area contributed by atoms with Crippen LogP contribution in [0.3, 0.4) is 0 Å². The Morgan fingerprint density at radius 2 is 2.06 bits per heavy atom. The quantitative estimate of drug-likeness (QED) is 0.662. The Morgan fingerprint density at radius 1 is 1.26 bits per heavy atom. The number of carbonyl (C=O) groups is 2. The maximum Gasteiger partial charge on any atom is 0.416 e. The van der Waals surface area contributed by atoms with Crippen LogP contribution in [-0.2, 0) is 15.7 Å². The van der Waals surface area contributed by atoms with E-state index in [1.54, 1.807) is 17.0 Å². The zero-order valence-corrected chi connectivity index (χ0v) is 16.9. The van der Waals surface area contributed by atoms with E-state index < -0.39 is 23.8 Å². The lowest BCUT2D eigenvalue weighted by molar-refractivity contribution is -0.137. The minimum absolute atomic E-state index is 0.0785. The fraction of sp³-hybridized carbons (Fsp3) is 0.429. The number of hydrogen-bond acceptors (Lipinski definition) is 5. The summed E-state index contributed by atoms with van der Waals surface area (Å²) in [6, 6.07) is 7.47. The number of ether oxygens (including phenoxy) is 2. The predicted octanol–water partition coefficient (Wildman–Crippen LogP) is 2.93. The summed E-state index contributed by atoms with van der Waals surface area (Å²) in [5.74, 6) is -0.649. The van der Waals surface area contributed by atoms with Crippen molar-refractivity contribution in [1.29, 1.82) is 0 Å². The third-order valence-corrected chi connectivity index (χ3v) is 4.87. The lowest BCUT2D eigenvalue weighted by atomic mass is 10.1. The molecule has 1 saturated heterocycles. The average molecular weight is 440 g/mol. The van der Waals surface area contributed by atoms with Crippen molar-refractivity contribution in [2.75, 3.05) is 46.5 Å². The Morgan fingerprint density at radius 3 is 2.74 bits per heavy atom. The number of halogens is 3. The van der Waals surface area contributed by atoms with E-state index in [9.17, 15) is 22.8 Å². The number of alkyl halides is 3. The second-order valence-corrected chi connectivity index (χ2v) is 7.04. The number of hydrogen-bond donors (Lipinski definition) is 0. The number of amides is 2. The first kappa shape index (κ1) is 22.8. The van der Waals surface area contributed by atoms with Crippen molar-refractivity contribution in [1.82, 2.24) is 9.80 Å². The van der Waals surface area contributed by atoms with Gasteiger partial charge in [0.2, 0.25) is 0 Å². The third-order valence-electron chi connectivity index (χ3n) is 4.87. The Hall–Kier alpha value is -2.85. The van der Waals surface area contributed by atoms with Crippen molar-refractivity contribution in [3.05, 3.63) is 59.5 Å². The lowest BCUT2D eigenvalue weighted by Crippen LogP contribution is -2.51. The van der Waals surface area contributed by atoms with Gasteiger partial charge in [-0.2, -0.15) is 13.2 Å². The molecule has 3 rings (SSSR count). The summed E-state index contributed by atoms with van der Waals surface area (Å²) >= 11 is 0. The van der Waals surface area contributed by atoms with Crippen LogP contribution in [0.1, 0.15) is 26.5 Å². The minimum atomic E-state index is -4.55. The van der Waals surface area contributed by atoms with Gasteiger partial charge in [0.1, 0.15) is 0 Å². The van der Waals surface area contributed by atoms with Crippen molar-refractivity contribution >= 4 is 11.8 Å². The summed E-state index contributed by atoms with van der Waals surface area (Å²) < 4.78 is 55.0. The van der Waals surface area contributed by atoms with Crippen LogP contribution in [0.2, 0.25) is 0 Å². The molecular formula is C21H23F3N2O5. The van der Waals surface area contributed by atoms with Gasteiger partial charge in [-0.15, -0.1) is 0 Å². The molecular weight excluding hydrogens is 417 g/mol. The molecule has 1 unspecified atom stereocenters. The van der Waals surface area contributed by atoms with Crippen LogP contribution in [0.15, 0.2) is 47.1 Å². The highest BCUT2D eigenvalue weighted by atomic mass is 19.4. The van der Waals surface area contributed by atoms with Crippen molar-refractivity contribution in [2.24, 2.45) is 0 Å². The van der Waals surface area contributed by atoms with Gasteiger partial charge >= 0.3 is 6.18 Å². The highest BCUT2D eigenvalue weighted by molar-refractivity contribution is 5.94. The summed E-state index contributed by atoms with van der Waals surface area (Å²) in [6.45, 7) is 1.33. The molecule has 0 saturated carbocycles. The van der Waals surface area contributed by atoms with E-state index in [1.807, 2.05) is 0 Å². The molecule has 2 aromatic rings. The van der Waals surface area contributed by atoms with E-state index in [4.69, 9.17) is 13.9 Å². The Labute approximate surface area is 177 Å². The van der Waals surface area contributed by atoms with Crippen molar-refractivity contribution in [3.8, 4) is 0 Å². The highest BCUT2D eigenvalue weighted by Gasteiger charge is 2.32. The van der Waals surface area contributed by atoms with Crippen LogP contribution in [-0.4, -0.2) is 74.2 Å². The second kappa shape index (κ2) is 9.97. The standard InChI is InChI=1S/C21H23F3N2O5/c1-29-10-7-25(19(27)15-4-2-5-16(12-15)21(22,23)24)13-17-14-26(8-11-30-17)20(28)18-6-3-9-31-18/h2-6,9,12,17H,7-8,10-11,13-14H2,1H3. The smallest absolute Gasteiger partial charge is 0.416 e. The van der Waals surface area contributed by atoms with Crippen molar-refractivity contribution in [2.45, 2.75) is 12.3 Å². The molecule has 0 spiro atoms. The first-order valence-corrected chi connectivity index (χ1v) is 9.69. The zero-order valence-electron chi connectivity index (χ0n) is 16.9. The van der Waals surface area contributed by atoms with Gasteiger partial charge in [-0.25, -0.2) is 0 Å². The maximum atomic E-state index is 13.0. The van der Waals surface area contributed by atoms with Crippen LogP contribution in [0.25, 0.3) is 0 Å². The summed E-state index contributed by atoms with van der Waals surface area (Å²) in [6.07, 6.45) is -3.64. The monoisotopic (exact) mass is 440 g/mol. The van der Waals surface area contributed by atoms with Gasteiger partial charge in [0.25, 0.3) is 11.8 Å². The number of furan rings is 1. The maximum absolute atomic E-state index is 13.0. The van der Waals surface area contributed by atoms with Crippen LogP contribution in [0, 0.1) is 0 Å². The molecule has 1 aliphatic rings. The fourth-order valence-electron chi connectivity index (χ4n) is 3.30. The first-order chi connectivity index (χ1) is 14.8. The molecule has 1 aliphatic heterocycles. The molecule has 31 heavy (non-hydrogen) atoms. The van der Waals surface area contributed by atoms with Gasteiger partial charge in [-0.05, 0) is 30.3 Å². The number of rotatable bonds is 7. The van der Waals surface area contributed by atoms with Gasteiger partial charge in [0.15, 0.2) is 5.76 Å². The molecule has 0 radical (unpaired) electrons. The Balaban J connectivity index is 1.72. The Bertz CT molecular complexity index is 885. The molecule has 1 atom stereocenters. The summed E-state index contributed by atoms with van der Waals surface area (Å²) in [5.41, 5.74) is -0.973. The molecule has 0 N–H and O–H groups in total. The van der Waals surface area contributed by atoms with Gasteiger partial charge in [-0.3, -0.25) is 9.59 Å². The fourth-order valence-corrected chi connectivity index (χ4v) is 3.30. The summed E-state index contributed by atoms with van der Waals surface area (Å²) in [7, 11) is 1.47. The van der Waals surface area contributed by atoms with Gasteiger partial charge in [0, 0.05) is 38.9 Å². The number of benzene rings is 1. The molecule has 2 amide bonds. The molecule has 0 bridgehead atoms. The van der Waals surface area contributed by atoms with E-state index in [0.29, 0.717) is 6.54 Å². The lowest BCUT2D eigenvalue weighted by Gasteiger charge is -2.35. The first-order valence-electron chi connectivity index (χ1n) is 9.69. The normalized spacial score (nSPS) is 16.9. The number of nitrogens with zero attached hydrogens (tertiary/aromatic N) is 2. The van der Waals surface area contributed by atoms with Crippen molar-refractivity contribution < 1.29 is 36.7 Å². The van der Waals surface area contributed by atoms with E-state index in [1.165, 1.54) is 30.4 Å². The summed E-state index contributed by atoms with van der Waals surface area (Å²) in [4.78, 5) is 28.4. The molecule has 1 fully saturated rings. The molecule has 0 aliphatic carbocycles. The third kappa shape index (κ3) is 5.86. The highest BCUT2D eigenvalue weighted by Crippen LogP contribution is 2.29. The molecule has 168 valence electrons. The second-order valence-electron chi connectivity index (χ2n) is 7.04. The summed E-state index contributed by atoms with van der Waals surface area (Å²) in [5, 5.41) is 0. The largest absolute Gasteiger partial charge is 0.459 e. The molecule has 1 aromatic heterocycles. The van der Waals surface area contributed by atoms with E-state index in [0.717, 1.165) is 12.1 Å². The van der Waals surface area contributed by atoms with Crippen LogP contribution in [0.5, 0.6) is 0 Å². The zero-order chi connectivity index (χ0) is 22.4. The van der Waals surface area contributed by atoms with Crippen LogP contribution in [0.4, 0.5) is 13.2 Å². The van der Waals surface area contributed by atoms with Gasteiger partial charge < -0.3 is 23.7 Å². The average Bonchev–Trinajstić information content (AvgIpc) is 3.30. The van der Waals surface area contributed by atoms with Crippen LogP contribution < -0.4 is 0 Å². The molecule has 1 aromatic carbocycles. The topological polar surface area (TPSA) is 72.2 Å². The molecule has 2 heterocycles. The molecule has 10 heteroatoms. The predicted molar refractivity (Wildman–Crippen MR) is 104 cm³/mol.